The summed E-state index contributed by atoms with van der Waals surface area (Å²) in [5.74, 6) is 0. The fourth-order valence-electron chi connectivity index (χ4n) is 1.81. The molecule has 96 valence electrons. The van der Waals surface area contributed by atoms with Gasteiger partial charge in [0.15, 0.2) is 6.29 Å². The summed E-state index contributed by atoms with van der Waals surface area (Å²) in [5, 5.41) is 6.97. The molecule has 2 rings (SSSR count). The van der Waals surface area contributed by atoms with Crippen molar-refractivity contribution < 1.29 is 14.2 Å². The van der Waals surface area contributed by atoms with Crippen molar-refractivity contribution in [3.05, 3.63) is 17.5 Å². The molecule has 1 unspecified atom stereocenters. The Bertz CT molecular complexity index is 321. The minimum atomic E-state index is -0.0278. The van der Waals surface area contributed by atoms with E-state index in [0.717, 1.165) is 30.8 Å². The first-order valence-electron chi connectivity index (χ1n) is 6.16. The molecule has 5 nitrogen and oxygen atoms in total. The topological polar surface area (TPSA) is 56.4 Å². The first-order chi connectivity index (χ1) is 8.34. The van der Waals surface area contributed by atoms with E-state index in [1.807, 2.05) is 13.0 Å². The summed E-state index contributed by atoms with van der Waals surface area (Å²) < 4.78 is 16.5. The van der Waals surface area contributed by atoms with Crippen molar-refractivity contribution in [2.24, 2.45) is 0 Å². The van der Waals surface area contributed by atoms with E-state index in [-0.39, 0.29) is 6.29 Å². The fourth-order valence-corrected chi connectivity index (χ4v) is 1.81. The van der Waals surface area contributed by atoms with Crippen LogP contribution < -0.4 is 0 Å². The largest absolute Gasteiger partial charge is 0.373 e. The summed E-state index contributed by atoms with van der Waals surface area (Å²) in [6.45, 7) is 4.47. The second-order valence-corrected chi connectivity index (χ2v) is 4.26. The highest BCUT2D eigenvalue weighted by molar-refractivity contribution is 5.05. The van der Waals surface area contributed by atoms with Gasteiger partial charge in [-0.1, -0.05) is 0 Å². The number of H-pyrrole nitrogens is 1. The number of hydrogen-bond donors (Lipinski definition) is 1. The predicted octanol–water partition coefficient (Wildman–Crippen LogP) is 1.78. The molecule has 0 amide bonds. The Morgan fingerprint density at radius 2 is 2.41 bits per heavy atom. The Morgan fingerprint density at radius 3 is 3.12 bits per heavy atom. The minimum Gasteiger partial charge on any atom is -0.373 e. The second-order valence-electron chi connectivity index (χ2n) is 4.26. The maximum Gasteiger partial charge on any atom is 0.157 e. The molecule has 1 aromatic heterocycles. The van der Waals surface area contributed by atoms with E-state index in [1.54, 1.807) is 0 Å². The summed E-state index contributed by atoms with van der Waals surface area (Å²) in [7, 11) is 0. The van der Waals surface area contributed by atoms with Crippen molar-refractivity contribution in [1.29, 1.82) is 0 Å². The van der Waals surface area contributed by atoms with Crippen LogP contribution in [0.1, 0.15) is 30.7 Å². The van der Waals surface area contributed by atoms with E-state index in [2.05, 4.69) is 10.2 Å². The van der Waals surface area contributed by atoms with E-state index in [0.29, 0.717) is 19.8 Å². The van der Waals surface area contributed by atoms with Gasteiger partial charge in [0.25, 0.3) is 0 Å². The highest BCUT2D eigenvalue weighted by Crippen LogP contribution is 2.13. The quantitative estimate of drug-likeness (QED) is 0.770. The number of ether oxygens (including phenoxy) is 3. The fraction of sp³-hybridized carbons (Fsp3) is 0.750. The lowest BCUT2D eigenvalue weighted by atomic mass is 10.2. The predicted molar refractivity (Wildman–Crippen MR) is 62.5 cm³/mol. The van der Waals surface area contributed by atoms with Crippen LogP contribution in [-0.4, -0.2) is 36.3 Å². The third kappa shape index (κ3) is 4.46. The number of rotatable bonds is 6. The van der Waals surface area contributed by atoms with Crippen LogP contribution in [0.3, 0.4) is 0 Å². The summed E-state index contributed by atoms with van der Waals surface area (Å²) >= 11 is 0. The molecule has 5 heteroatoms. The van der Waals surface area contributed by atoms with Crippen molar-refractivity contribution in [3.8, 4) is 0 Å². The van der Waals surface area contributed by atoms with Gasteiger partial charge in [0.05, 0.1) is 25.5 Å². The first kappa shape index (κ1) is 12.5. The molecule has 0 aromatic carbocycles. The molecule has 1 aliphatic rings. The van der Waals surface area contributed by atoms with Gasteiger partial charge in [-0.2, -0.15) is 5.10 Å². The van der Waals surface area contributed by atoms with Gasteiger partial charge in [-0.15, -0.1) is 0 Å². The van der Waals surface area contributed by atoms with Crippen LogP contribution in [0, 0.1) is 6.92 Å². The Morgan fingerprint density at radius 1 is 1.47 bits per heavy atom. The van der Waals surface area contributed by atoms with Gasteiger partial charge in [-0.25, -0.2) is 0 Å². The second kappa shape index (κ2) is 6.74. The summed E-state index contributed by atoms with van der Waals surface area (Å²) in [5.41, 5.74) is 1.98. The van der Waals surface area contributed by atoms with E-state index in [4.69, 9.17) is 14.2 Å². The highest BCUT2D eigenvalue weighted by atomic mass is 16.7. The van der Waals surface area contributed by atoms with Crippen LogP contribution in [-0.2, 0) is 20.8 Å². The zero-order valence-corrected chi connectivity index (χ0v) is 10.3. The van der Waals surface area contributed by atoms with Gasteiger partial charge in [0.2, 0.25) is 0 Å². The third-order valence-electron chi connectivity index (χ3n) is 2.68. The average molecular weight is 240 g/mol. The number of aryl methyl sites for hydroxylation is 1. The molecule has 0 bridgehead atoms. The van der Waals surface area contributed by atoms with Gasteiger partial charge in [0.1, 0.15) is 0 Å². The maximum atomic E-state index is 5.55. The van der Waals surface area contributed by atoms with Gasteiger partial charge in [-0.3, -0.25) is 5.10 Å². The van der Waals surface area contributed by atoms with Crippen LogP contribution in [0.4, 0.5) is 0 Å². The smallest absolute Gasteiger partial charge is 0.157 e. The summed E-state index contributed by atoms with van der Waals surface area (Å²) in [4.78, 5) is 0. The van der Waals surface area contributed by atoms with E-state index >= 15 is 0 Å². The van der Waals surface area contributed by atoms with E-state index < -0.39 is 0 Å². The molecule has 1 atom stereocenters. The molecule has 1 aromatic rings. The average Bonchev–Trinajstić information content (AvgIpc) is 2.76. The standard InChI is InChI=1S/C12H20N2O3/c1-10-8-11(14-13-10)9-15-6-7-17-12-4-2-3-5-16-12/h8,12H,2-7,9H2,1H3,(H,13,14). The lowest BCUT2D eigenvalue weighted by Gasteiger charge is -2.22. The van der Waals surface area contributed by atoms with Crippen LogP contribution in [0.2, 0.25) is 0 Å². The first-order valence-corrected chi connectivity index (χ1v) is 6.16. The highest BCUT2D eigenvalue weighted by Gasteiger charge is 2.13. The Balaban J connectivity index is 1.51. The van der Waals surface area contributed by atoms with Crippen molar-refractivity contribution in [2.45, 2.75) is 39.1 Å². The van der Waals surface area contributed by atoms with Crippen LogP contribution in [0.25, 0.3) is 0 Å². The van der Waals surface area contributed by atoms with Gasteiger partial charge in [-0.05, 0) is 32.3 Å². The van der Waals surface area contributed by atoms with Crippen LogP contribution >= 0.6 is 0 Å². The summed E-state index contributed by atoms with van der Waals surface area (Å²) in [6, 6.07) is 1.98. The molecule has 1 aliphatic heterocycles. The lowest BCUT2D eigenvalue weighted by molar-refractivity contribution is -0.169. The molecule has 17 heavy (non-hydrogen) atoms. The van der Waals surface area contributed by atoms with Crippen molar-refractivity contribution in [1.82, 2.24) is 10.2 Å². The SMILES string of the molecule is Cc1cc(COCCOC2CCCCO2)n[nH]1. The molecular formula is C12H20N2O3. The van der Waals surface area contributed by atoms with Crippen LogP contribution in [0.15, 0.2) is 6.07 Å². The Kier molecular flexibility index (Phi) is 4.97. The zero-order chi connectivity index (χ0) is 11.9. The molecule has 2 heterocycles. The van der Waals surface area contributed by atoms with Gasteiger partial charge < -0.3 is 14.2 Å². The van der Waals surface area contributed by atoms with Crippen molar-refractivity contribution in [3.63, 3.8) is 0 Å². The number of aromatic nitrogens is 2. The van der Waals surface area contributed by atoms with E-state index in [1.165, 1.54) is 6.42 Å². The Hall–Kier alpha value is -0.910. The normalized spacial score (nSPS) is 20.6. The number of nitrogens with one attached hydrogen (secondary N) is 1. The van der Waals surface area contributed by atoms with Gasteiger partial charge in [0, 0.05) is 12.3 Å². The van der Waals surface area contributed by atoms with Crippen molar-refractivity contribution >= 4 is 0 Å². The monoisotopic (exact) mass is 240 g/mol. The number of aromatic amines is 1. The molecule has 1 fully saturated rings. The molecule has 0 spiro atoms. The van der Waals surface area contributed by atoms with Crippen molar-refractivity contribution in [2.75, 3.05) is 19.8 Å². The van der Waals surface area contributed by atoms with E-state index in [9.17, 15) is 0 Å². The molecule has 1 N–H and O–H groups in total. The lowest BCUT2D eigenvalue weighted by Crippen LogP contribution is -2.23. The molecule has 0 aliphatic carbocycles. The third-order valence-corrected chi connectivity index (χ3v) is 2.68. The Labute approximate surface area is 101 Å². The maximum absolute atomic E-state index is 5.55. The zero-order valence-electron chi connectivity index (χ0n) is 10.3. The molecular weight excluding hydrogens is 220 g/mol. The number of hydrogen-bond acceptors (Lipinski definition) is 4. The summed E-state index contributed by atoms with van der Waals surface area (Å²) in [6.07, 6.45) is 3.31. The molecule has 0 radical (unpaired) electrons. The number of nitrogens with zero attached hydrogens (tertiary/aromatic N) is 1. The molecule has 1 saturated heterocycles. The van der Waals surface area contributed by atoms with Gasteiger partial charge >= 0.3 is 0 Å². The minimum absolute atomic E-state index is 0.0278. The molecule has 0 saturated carbocycles. The van der Waals surface area contributed by atoms with Crippen LogP contribution in [0.5, 0.6) is 0 Å².